The van der Waals surface area contributed by atoms with Gasteiger partial charge in [-0.05, 0) is 106 Å². The van der Waals surface area contributed by atoms with E-state index in [0.717, 1.165) is 69.3 Å². The number of thiophene rings is 1. The van der Waals surface area contributed by atoms with Crippen molar-refractivity contribution in [3.8, 4) is 5.00 Å². The van der Waals surface area contributed by atoms with E-state index in [0.29, 0.717) is 16.8 Å². The average Bonchev–Trinajstić information content (AvgIpc) is 3.49. The molecule has 2 aromatic carbocycles. The van der Waals surface area contributed by atoms with E-state index in [2.05, 4.69) is 10.6 Å². The number of hydrogen-bond donors (Lipinski definition) is 2. The Morgan fingerprint density at radius 3 is 2.47 bits per heavy atom. The third-order valence-electron chi connectivity index (χ3n) is 8.30. The number of anilines is 2. The molecule has 0 spiro atoms. The van der Waals surface area contributed by atoms with Gasteiger partial charge in [-0.3, -0.25) is 19.7 Å². The van der Waals surface area contributed by atoms with Crippen LogP contribution in [-0.2, 0) is 22.4 Å². The molecule has 218 valence electrons. The lowest BCUT2D eigenvalue weighted by atomic mass is 9.95. The van der Waals surface area contributed by atoms with Crippen LogP contribution in [0, 0.1) is 27.7 Å². The Morgan fingerprint density at radius 1 is 0.953 bits per heavy atom. The maximum atomic E-state index is 13.8. The molecule has 8 nitrogen and oxygen atoms in total. The lowest BCUT2D eigenvalue weighted by molar-refractivity contribution is -0.122. The van der Waals surface area contributed by atoms with Crippen LogP contribution in [0.25, 0.3) is 11.1 Å². The van der Waals surface area contributed by atoms with Crippen molar-refractivity contribution in [1.82, 2.24) is 9.88 Å². The van der Waals surface area contributed by atoms with E-state index < -0.39 is 17.8 Å². The van der Waals surface area contributed by atoms with Crippen LogP contribution in [0.3, 0.4) is 0 Å². The highest BCUT2D eigenvalue weighted by molar-refractivity contribution is 7.15. The van der Waals surface area contributed by atoms with Gasteiger partial charge in [0.1, 0.15) is 10.6 Å². The number of amides is 5. The Hall–Kier alpha value is -4.76. The predicted molar refractivity (Wildman–Crippen MR) is 169 cm³/mol. The predicted octanol–water partition coefficient (Wildman–Crippen LogP) is 6.57. The fraction of sp³-hybridized carbons (Fsp3) is 0.235. The Kier molecular flexibility index (Phi) is 7.35. The van der Waals surface area contributed by atoms with Crippen molar-refractivity contribution in [2.75, 3.05) is 10.2 Å². The summed E-state index contributed by atoms with van der Waals surface area (Å²) < 4.78 is 2.04. The maximum absolute atomic E-state index is 13.8. The molecule has 0 bridgehead atoms. The molecule has 1 saturated heterocycles. The van der Waals surface area contributed by atoms with Gasteiger partial charge < -0.3 is 9.88 Å². The molecule has 6 rings (SSSR count). The standard InChI is InChI=1S/C34H32N4O4S/c1-19-11-10-15-27(21(19)3)38-32(41)26(30(39)36-34(38)42)18-23-17-20(2)37(22(23)4)33-29(25-14-8-9-16-28(25)43-33)31(40)35-24-12-6-5-7-13-24/h5-7,10-13,15,17-18H,8-9,14,16H2,1-4H3,(H,35,40)(H,36,39,42)/b26-18+. The highest BCUT2D eigenvalue weighted by atomic mass is 32.1. The summed E-state index contributed by atoms with van der Waals surface area (Å²) in [6.07, 6.45) is 5.43. The summed E-state index contributed by atoms with van der Waals surface area (Å²) in [6.45, 7) is 7.60. The number of carbonyl (C=O) groups excluding carboxylic acids is 4. The van der Waals surface area contributed by atoms with Crippen molar-refractivity contribution in [1.29, 1.82) is 0 Å². The molecular formula is C34H32N4O4S. The molecule has 0 atom stereocenters. The lowest BCUT2D eigenvalue weighted by Crippen LogP contribution is -2.54. The number of rotatable bonds is 5. The van der Waals surface area contributed by atoms with Crippen LogP contribution >= 0.6 is 11.3 Å². The Bertz CT molecular complexity index is 1850. The van der Waals surface area contributed by atoms with Gasteiger partial charge >= 0.3 is 6.03 Å². The van der Waals surface area contributed by atoms with Crippen molar-refractivity contribution >= 4 is 52.5 Å². The summed E-state index contributed by atoms with van der Waals surface area (Å²) in [5.41, 5.74) is 6.81. The largest absolute Gasteiger partial charge is 0.335 e. The monoisotopic (exact) mass is 592 g/mol. The van der Waals surface area contributed by atoms with Crippen LogP contribution in [0.1, 0.15) is 61.7 Å². The van der Waals surface area contributed by atoms with Gasteiger partial charge in [0.15, 0.2) is 0 Å². The van der Waals surface area contributed by atoms with Crippen molar-refractivity contribution < 1.29 is 19.2 Å². The summed E-state index contributed by atoms with van der Waals surface area (Å²) in [5.74, 6) is -1.57. The quantitative estimate of drug-likeness (QED) is 0.202. The number of nitrogens with zero attached hydrogens (tertiary/aromatic N) is 2. The first kappa shape index (κ1) is 28.4. The van der Waals surface area contributed by atoms with Gasteiger partial charge in [-0.25, -0.2) is 9.69 Å². The summed E-state index contributed by atoms with van der Waals surface area (Å²) in [5, 5.41) is 6.22. The van der Waals surface area contributed by atoms with Gasteiger partial charge in [0.2, 0.25) is 0 Å². The van der Waals surface area contributed by atoms with Crippen molar-refractivity contribution in [2.45, 2.75) is 53.4 Å². The zero-order valence-electron chi connectivity index (χ0n) is 24.5. The topological polar surface area (TPSA) is 101 Å². The van der Waals surface area contributed by atoms with Gasteiger partial charge in [-0.2, -0.15) is 0 Å². The summed E-state index contributed by atoms with van der Waals surface area (Å²) in [6, 6.07) is 15.9. The highest BCUT2D eigenvalue weighted by Gasteiger charge is 2.38. The SMILES string of the molecule is Cc1cccc(N2C(=O)NC(=O)/C(=C\c3cc(C)n(-c4sc5c(c4C(=O)Nc4ccccc4)CCCC5)c3C)C2=O)c1C. The summed E-state index contributed by atoms with van der Waals surface area (Å²) in [4.78, 5) is 55.4. The second-order valence-corrected chi connectivity index (χ2v) is 12.1. The molecule has 0 radical (unpaired) electrons. The molecule has 2 N–H and O–H groups in total. The van der Waals surface area contributed by atoms with Crippen LogP contribution in [0.5, 0.6) is 0 Å². The molecule has 1 aliphatic carbocycles. The fourth-order valence-electron chi connectivity index (χ4n) is 5.91. The minimum absolute atomic E-state index is 0.131. The molecule has 4 aromatic rings. The number of barbiturate groups is 1. The zero-order valence-corrected chi connectivity index (χ0v) is 25.4. The average molecular weight is 593 g/mol. The van der Waals surface area contributed by atoms with E-state index in [1.54, 1.807) is 23.5 Å². The van der Waals surface area contributed by atoms with Crippen molar-refractivity contribution in [3.63, 3.8) is 0 Å². The number of benzene rings is 2. The minimum Gasteiger partial charge on any atom is -0.322 e. The van der Waals surface area contributed by atoms with E-state index in [9.17, 15) is 19.2 Å². The number of carbonyl (C=O) groups is 4. The summed E-state index contributed by atoms with van der Waals surface area (Å²) in [7, 11) is 0. The van der Waals surface area contributed by atoms with Crippen LogP contribution < -0.4 is 15.5 Å². The van der Waals surface area contributed by atoms with Gasteiger partial charge in [0, 0.05) is 22.0 Å². The number of urea groups is 1. The molecule has 0 saturated carbocycles. The van der Waals surface area contributed by atoms with Gasteiger partial charge in [0.25, 0.3) is 17.7 Å². The van der Waals surface area contributed by atoms with E-state index in [1.807, 2.05) is 74.7 Å². The van der Waals surface area contributed by atoms with Crippen LogP contribution in [0.15, 0.2) is 60.2 Å². The fourth-order valence-corrected chi connectivity index (χ4v) is 7.41. The second kappa shape index (κ2) is 11.1. The number of fused-ring (bicyclic) bond motifs is 1. The number of para-hydroxylation sites is 1. The lowest BCUT2D eigenvalue weighted by Gasteiger charge is -2.28. The number of aryl methyl sites for hydroxylation is 3. The first-order valence-corrected chi connectivity index (χ1v) is 15.1. The smallest absolute Gasteiger partial charge is 0.322 e. The first-order valence-electron chi connectivity index (χ1n) is 14.3. The van der Waals surface area contributed by atoms with Gasteiger partial charge in [0.05, 0.1) is 11.3 Å². The molecule has 1 fully saturated rings. The van der Waals surface area contributed by atoms with Crippen LogP contribution in [-0.4, -0.2) is 28.3 Å². The van der Waals surface area contributed by atoms with E-state index in [-0.39, 0.29) is 11.5 Å². The number of aromatic nitrogens is 1. The zero-order chi connectivity index (χ0) is 30.4. The van der Waals surface area contributed by atoms with Crippen molar-refractivity contribution in [3.05, 3.63) is 104 Å². The maximum Gasteiger partial charge on any atom is 0.335 e. The number of nitrogens with one attached hydrogen (secondary N) is 2. The molecule has 3 heterocycles. The molecule has 43 heavy (non-hydrogen) atoms. The molecule has 9 heteroatoms. The second-order valence-electron chi connectivity index (χ2n) is 11.0. The number of hydrogen-bond acceptors (Lipinski definition) is 5. The van der Waals surface area contributed by atoms with E-state index >= 15 is 0 Å². The Labute approximate surface area is 254 Å². The third kappa shape index (κ3) is 4.99. The van der Waals surface area contributed by atoms with Crippen LogP contribution in [0.2, 0.25) is 0 Å². The molecule has 2 aliphatic rings. The molecule has 2 aromatic heterocycles. The minimum atomic E-state index is -0.774. The van der Waals surface area contributed by atoms with Gasteiger partial charge in [-0.15, -0.1) is 11.3 Å². The Morgan fingerprint density at radius 2 is 1.70 bits per heavy atom. The van der Waals surface area contributed by atoms with Gasteiger partial charge in [-0.1, -0.05) is 30.3 Å². The highest BCUT2D eigenvalue weighted by Crippen LogP contribution is 2.39. The normalized spacial score (nSPS) is 16.0. The molecule has 5 amide bonds. The molecular weight excluding hydrogens is 560 g/mol. The van der Waals surface area contributed by atoms with E-state index in [1.165, 1.54) is 11.0 Å². The van der Waals surface area contributed by atoms with Crippen molar-refractivity contribution in [2.24, 2.45) is 0 Å². The number of imide groups is 2. The first-order chi connectivity index (χ1) is 20.7. The van der Waals surface area contributed by atoms with E-state index in [4.69, 9.17) is 0 Å². The third-order valence-corrected chi connectivity index (χ3v) is 9.58. The Balaban J connectivity index is 1.42. The molecule has 1 aliphatic heterocycles. The molecule has 0 unspecified atom stereocenters. The van der Waals surface area contributed by atoms with Crippen LogP contribution in [0.4, 0.5) is 16.2 Å². The summed E-state index contributed by atoms with van der Waals surface area (Å²) >= 11 is 1.63.